The molecule has 1 rings (SSSR count). The number of aryl methyl sites for hydroxylation is 1. The van der Waals surface area contributed by atoms with Gasteiger partial charge in [-0.1, -0.05) is 81.7 Å². The van der Waals surface area contributed by atoms with Crippen molar-refractivity contribution in [3.05, 3.63) is 35.9 Å². The molecule has 0 atom stereocenters. The van der Waals surface area contributed by atoms with E-state index in [1.54, 1.807) is 0 Å². The molecule has 0 saturated heterocycles. The quantitative estimate of drug-likeness (QED) is 0.354. The van der Waals surface area contributed by atoms with Crippen molar-refractivity contribution in [1.29, 1.82) is 0 Å². The van der Waals surface area contributed by atoms with Crippen LogP contribution in [0.25, 0.3) is 0 Å². The van der Waals surface area contributed by atoms with Crippen molar-refractivity contribution in [3.63, 3.8) is 0 Å². The average molecular weight is 357 g/mol. The van der Waals surface area contributed by atoms with Crippen LogP contribution in [-0.4, -0.2) is 18.3 Å². The van der Waals surface area contributed by atoms with Gasteiger partial charge in [0.15, 0.2) is 0 Å². The fourth-order valence-electron chi connectivity index (χ4n) is 2.96. The van der Waals surface area contributed by atoms with Gasteiger partial charge in [0.05, 0.1) is 12.5 Å². The Morgan fingerprint density at radius 3 is 1.52 bits per heavy atom. The molecule has 2 heteroatoms. The van der Waals surface area contributed by atoms with E-state index in [1.165, 1.54) is 88.4 Å². The van der Waals surface area contributed by atoms with Gasteiger partial charge < -0.3 is 12.4 Å². The van der Waals surface area contributed by atoms with Gasteiger partial charge in [0, 0.05) is 0 Å². The maximum Gasteiger partial charge on any atom is 0.107 e. The SMILES string of the molecule is C[S+](C)CCCCCCCCCCCCCc1ccccc1.[Cl-]. The highest BCUT2D eigenvalue weighted by molar-refractivity contribution is 7.95. The second kappa shape index (κ2) is 16.7. The minimum Gasteiger partial charge on any atom is -1.00 e. The molecule has 0 heterocycles. The van der Waals surface area contributed by atoms with Crippen LogP contribution >= 0.6 is 0 Å². The summed E-state index contributed by atoms with van der Waals surface area (Å²) in [6.07, 6.45) is 21.9. The molecule has 0 fully saturated rings. The number of hydrogen-bond donors (Lipinski definition) is 0. The number of halogens is 1. The highest BCUT2D eigenvalue weighted by atomic mass is 35.5. The lowest BCUT2D eigenvalue weighted by Crippen LogP contribution is -3.00. The Bertz CT molecular complexity index is 337. The van der Waals surface area contributed by atoms with Crippen molar-refractivity contribution in [2.45, 2.75) is 77.0 Å². The van der Waals surface area contributed by atoms with E-state index in [9.17, 15) is 0 Å². The van der Waals surface area contributed by atoms with Crippen LogP contribution < -0.4 is 12.4 Å². The zero-order valence-corrected chi connectivity index (χ0v) is 16.9. The molecule has 0 unspecified atom stereocenters. The lowest BCUT2D eigenvalue weighted by atomic mass is 10.0. The van der Waals surface area contributed by atoms with Crippen LogP contribution in [0.15, 0.2) is 30.3 Å². The summed E-state index contributed by atoms with van der Waals surface area (Å²) in [5.74, 6) is 1.45. The molecular weight excluding hydrogens is 320 g/mol. The Kier molecular flexibility index (Phi) is 16.6. The molecule has 0 saturated carbocycles. The lowest BCUT2D eigenvalue weighted by Gasteiger charge is -2.03. The van der Waals surface area contributed by atoms with Gasteiger partial charge in [0.2, 0.25) is 0 Å². The van der Waals surface area contributed by atoms with Gasteiger partial charge in [0.1, 0.15) is 5.75 Å². The molecule has 0 amide bonds. The summed E-state index contributed by atoms with van der Waals surface area (Å²) in [4.78, 5) is 0. The van der Waals surface area contributed by atoms with Gasteiger partial charge in [-0.2, -0.15) is 0 Å². The minimum atomic E-state index is 0. The molecule has 0 aliphatic rings. The summed E-state index contributed by atoms with van der Waals surface area (Å²) in [7, 11) is 0.657. The van der Waals surface area contributed by atoms with Crippen LogP contribution in [0.3, 0.4) is 0 Å². The molecule has 0 bridgehead atoms. The zero-order valence-electron chi connectivity index (χ0n) is 15.4. The van der Waals surface area contributed by atoms with Crippen molar-refractivity contribution in [3.8, 4) is 0 Å². The Morgan fingerprint density at radius 1 is 0.609 bits per heavy atom. The van der Waals surface area contributed by atoms with Crippen molar-refractivity contribution in [2.75, 3.05) is 18.3 Å². The zero-order chi connectivity index (χ0) is 15.9. The maximum absolute atomic E-state index is 2.36. The minimum absolute atomic E-state index is 0. The molecule has 134 valence electrons. The monoisotopic (exact) mass is 356 g/mol. The summed E-state index contributed by atoms with van der Waals surface area (Å²) in [5, 5.41) is 0. The van der Waals surface area contributed by atoms with Gasteiger partial charge in [-0.15, -0.1) is 0 Å². The third-order valence-corrected chi connectivity index (χ3v) is 5.47. The molecule has 1 aromatic rings. The highest BCUT2D eigenvalue weighted by Gasteiger charge is 2.00. The van der Waals surface area contributed by atoms with Crippen molar-refractivity contribution >= 4 is 10.9 Å². The molecule has 0 aliphatic carbocycles. The van der Waals surface area contributed by atoms with Crippen LogP contribution in [-0.2, 0) is 17.3 Å². The van der Waals surface area contributed by atoms with E-state index in [1.807, 2.05) is 0 Å². The first-order valence-electron chi connectivity index (χ1n) is 9.37. The standard InChI is InChI=1S/C21H37S.ClH/c1-22(2)20-16-11-9-7-5-3-4-6-8-10-13-17-21-18-14-12-15-19-21;/h12,14-15,18-19H,3-11,13,16-17,20H2,1-2H3;1H/q+1;/p-1. The molecule has 0 radical (unpaired) electrons. The topological polar surface area (TPSA) is 0 Å². The second-order valence-corrected chi connectivity index (χ2v) is 9.19. The van der Waals surface area contributed by atoms with E-state index in [-0.39, 0.29) is 12.4 Å². The molecule has 1 aromatic carbocycles. The van der Waals surface area contributed by atoms with Crippen LogP contribution in [0.2, 0.25) is 0 Å². The molecule has 0 aromatic heterocycles. The number of benzene rings is 1. The Labute approximate surface area is 154 Å². The van der Waals surface area contributed by atoms with Gasteiger partial charge in [-0.05, 0) is 42.1 Å². The smallest absolute Gasteiger partial charge is 0.107 e. The fraction of sp³-hybridized carbons (Fsp3) is 0.714. The molecule has 0 nitrogen and oxygen atoms in total. The number of hydrogen-bond acceptors (Lipinski definition) is 0. The van der Waals surface area contributed by atoms with Crippen molar-refractivity contribution < 1.29 is 12.4 Å². The first kappa shape index (κ1) is 22.9. The molecule has 0 aliphatic heterocycles. The van der Waals surface area contributed by atoms with Gasteiger partial charge >= 0.3 is 0 Å². The van der Waals surface area contributed by atoms with Gasteiger partial charge in [-0.3, -0.25) is 0 Å². The van der Waals surface area contributed by atoms with Gasteiger partial charge in [-0.25, -0.2) is 0 Å². The summed E-state index contributed by atoms with van der Waals surface area (Å²) in [5.41, 5.74) is 1.50. The van der Waals surface area contributed by atoms with Crippen molar-refractivity contribution in [2.24, 2.45) is 0 Å². The Balaban J connectivity index is 0.00000484. The van der Waals surface area contributed by atoms with E-state index in [0.717, 1.165) is 0 Å². The molecular formula is C21H37ClS. The number of unbranched alkanes of at least 4 members (excludes halogenated alkanes) is 10. The van der Waals surface area contributed by atoms with Crippen LogP contribution in [0.1, 0.15) is 76.2 Å². The van der Waals surface area contributed by atoms with Crippen LogP contribution in [0, 0.1) is 0 Å². The maximum atomic E-state index is 2.36. The lowest BCUT2D eigenvalue weighted by molar-refractivity contribution is -0.00000483. The van der Waals surface area contributed by atoms with E-state index < -0.39 is 0 Å². The van der Waals surface area contributed by atoms with E-state index >= 15 is 0 Å². The third kappa shape index (κ3) is 15.1. The summed E-state index contributed by atoms with van der Waals surface area (Å²) < 4.78 is 0. The van der Waals surface area contributed by atoms with Gasteiger partial charge in [0.25, 0.3) is 0 Å². The molecule has 23 heavy (non-hydrogen) atoms. The highest BCUT2D eigenvalue weighted by Crippen LogP contribution is 2.13. The fourth-order valence-corrected chi connectivity index (χ4v) is 3.74. The average Bonchev–Trinajstić information content (AvgIpc) is 2.52. The summed E-state index contributed by atoms with van der Waals surface area (Å²) in [6.45, 7) is 0. The van der Waals surface area contributed by atoms with E-state index in [2.05, 4.69) is 42.8 Å². The Hall–Kier alpha value is -0.140. The summed E-state index contributed by atoms with van der Waals surface area (Å²) in [6, 6.07) is 10.9. The predicted octanol–water partition coefficient (Wildman–Crippen LogP) is 3.40. The molecule has 0 spiro atoms. The van der Waals surface area contributed by atoms with E-state index in [4.69, 9.17) is 0 Å². The predicted molar refractivity (Wildman–Crippen MR) is 105 cm³/mol. The first-order chi connectivity index (χ1) is 10.8. The molecule has 0 N–H and O–H groups in total. The first-order valence-corrected chi connectivity index (χ1v) is 11.6. The van der Waals surface area contributed by atoms with Crippen LogP contribution in [0.5, 0.6) is 0 Å². The Morgan fingerprint density at radius 2 is 1.04 bits per heavy atom. The second-order valence-electron chi connectivity index (χ2n) is 6.81. The summed E-state index contributed by atoms with van der Waals surface area (Å²) >= 11 is 0. The largest absolute Gasteiger partial charge is 1.00 e. The third-order valence-electron chi connectivity index (χ3n) is 4.36. The van der Waals surface area contributed by atoms with Crippen LogP contribution in [0.4, 0.5) is 0 Å². The van der Waals surface area contributed by atoms with Crippen molar-refractivity contribution in [1.82, 2.24) is 0 Å². The van der Waals surface area contributed by atoms with E-state index in [0.29, 0.717) is 10.9 Å². The normalized spacial score (nSPS) is 10.7. The number of rotatable bonds is 14.